The Morgan fingerprint density at radius 2 is 1.58 bits per heavy atom. The molecule has 0 amide bonds. The van der Waals surface area contributed by atoms with Crippen LogP contribution in [-0.4, -0.2) is 37.7 Å². The molecule has 0 radical (unpaired) electrons. The minimum absolute atomic E-state index is 0.309. The quantitative estimate of drug-likeness (QED) is 0.832. The van der Waals surface area contributed by atoms with Gasteiger partial charge in [-0.25, -0.2) is 18.4 Å². The SMILES string of the molecule is Cc1nc(N2CCCCCCCC2)nc2cc(S(C)(=O)=O)ccc12. The van der Waals surface area contributed by atoms with E-state index in [9.17, 15) is 8.42 Å². The van der Waals surface area contributed by atoms with E-state index in [0.29, 0.717) is 10.4 Å². The van der Waals surface area contributed by atoms with E-state index >= 15 is 0 Å². The topological polar surface area (TPSA) is 63.2 Å². The second-order valence-corrected chi connectivity index (χ2v) is 8.68. The van der Waals surface area contributed by atoms with Crippen LogP contribution in [0, 0.1) is 6.92 Å². The predicted octanol–water partition coefficient (Wildman–Crippen LogP) is 3.50. The Hall–Kier alpha value is -1.69. The average Bonchev–Trinajstić information content (AvgIpc) is 2.67. The summed E-state index contributed by atoms with van der Waals surface area (Å²) in [6.07, 6.45) is 8.66. The monoisotopic (exact) mass is 347 g/mol. The lowest BCUT2D eigenvalue weighted by Crippen LogP contribution is -2.27. The number of nitrogens with zero attached hydrogens (tertiary/aromatic N) is 3. The molecule has 0 saturated carbocycles. The Morgan fingerprint density at radius 3 is 2.21 bits per heavy atom. The number of benzene rings is 1. The molecule has 0 bridgehead atoms. The maximum atomic E-state index is 11.8. The van der Waals surface area contributed by atoms with Gasteiger partial charge in [0.2, 0.25) is 5.95 Å². The molecule has 130 valence electrons. The largest absolute Gasteiger partial charge is 0.341 e. The Labute approximate surface area is 144 Å². The van der Waals surface area contributed by atoms with E-state index in [-0.39, 0.29) is 0 Å². The second kappa shape index (κ2) is 7.05. The highest BCUT2D eigenvalue weighted by Crippen LogP contribution is 2.23. The molecule has 0 unspecified atom stereocenters. The summed E-state index contributed by atoms with van der Waals surface area (Å²) in [6.45, 7) is 3.90. The van der Waals surface area contributed by atoms with Gasteiger partial charge in [-0.1, -0.05) is 25.7 Å². The minimum atomic E-state index is -3.23. The van der Waals surface area contributed by atoms with Crippen LogP contribution in [0.25, 0.3) is 10.9 Å². The van der Waals surface area contributed by atoms with Gasteiger partial charge in [-0.3, -0.25) is 0 Å². The van der Waals surface area contributed by atoms with Crippen LogP contribution >= 0.6 is 0 Å². The Bertz CT molecular complexity index is 824. The second-order valence-electron chi connectivity index (χ2n) is 6.67. The van der Waals surface area contributed by atoms with Crippen molar-refractivity contribution in [1.29, 1.82) is 0 Å². The van der Waals surface area contributed by atoms with Crippen molar-refractivity contribution in [3.8, 4) is 0 Å². The van der Waals surface area contributed by atoms with Crippen LogP contribution in [0.4, 0.5) is 5.95 Å². The van der Waals surface area contributed by atoms with Crippen LogP contribution in [0.5, 0.6) is 0 Å². The molecule has 0 spiro atoms. The summed E-state index contributed by atoms with van der Waals surface area (Å²) >= 11 is 0. The third-order valence-electron chi connectivity index (χ3n) is 4.66. The summed E-state index contributed by atoms with van der Waals surface area (Å²) in [7, 11) is -3.23. The van der Waals surface area contributed by atoms with E-state index in [2.05, 4.69) is 14.9 Å². The van der Waals surface area contributed by atoms with Gasteiger partial charge in [-0.2, -0.15) is 0 Å². The molecule has 3 rings (SSSR count). The Kier molecular flexibility index (Phi) is 5.04. The van der Waals surface area contributed by atoms with E-state index in [1.54, 1.807) is 12.1 Å². The van der Waals surface area contributed by atoms with Gasteiger partial charge < -0.3 is 4.90 Å². The van der Waals surface area contributed by atoms with Crippen LogP contribution in [0.15, 0.2) is 23.1 Å². The molecule has 0 aliphatic carbocycles. The number of fused-ring (bicyclic) bond motifs is 1. The number of aryl methyl sites for hydroxylation is 1. The minimum Gasteiger partial charge on any atom is -0.341 e. The van der Waals surface area contributed by atoms with Gasteiger partial charge >= 0.3 is 0 Å². The summed E-state index contributed by atoms with van der Waals surface area (Å²) in [5.41, 5.74) is 1.61. The third-order valence-corrected chi connectivity index (χ3v) is 5.77. The molecule has 1 fully saturated rings. The highest BCUT2D eigenvalue weighted by atomic mass is 32.2. The van der Waals surface area contributed by atoms with E-state index in [1.807, 2.05) is 13.0 Å². The van der Waals surface area contributed by atoms with Crippen molar-refractivity contribution < 1.29 is 8.42 Å². The van der Waals surface area contributed by atoms with Gasteiger partial charge in [0, 0.05) is 24.7 Å². The lowest BCUT2D eigenvalue weighted by molar-refractivity contribution is 0.602. The maximum absolute atomic E-state index is 11.8. The smallest absolute Gasteiger partial charge is 0.226 e. The first-order valence-electron chi connectivity index (χ1n) is 8.68. The van der Waals surface area contributed by atoms with Crippen LogP contribution in [0.1, 0.15) is 44.2 Å². The number of anilines is 1. The van der Waals surface area contributed by atoms with Crippen molar-refractivity contribution in [3.05, 3.63) is 23.9 Å². The molecular weight excluding hydrogens is 322 g/mol. The molecule has 1 aliphatic rings. The molecule has 0 N–H and O–H groups in total. The van der Waals surface area contributed by atoms with E-state index in [4.69, 9.17) is 0 Å². The van der Waals surface area contributed by atoms with Crippen LogP contribution in [0.3, 0.4) is 0 Å². The molecule has 6 heteroatoms. The summed E-state index contributed by atoms with van der Waals surface area (Å²) < 4.78 is 23.6. The van der Waals surface area contributed by atoms with Gasteiger partial charge in [0.25, 0.3) is 0 Å². The maximum Gasteiger partial charge on any atom is 0.226 e. The van der Waals surface area contributed by atoms with Gasteiger partial charge in [-0.15, -0.1) is 0 Å². The van der Waals surface area contributed by atoms with E-state index in [1.165, 1.54) is 31.9 Å². The molecule has 5 nitrogen and oxygen atoms in total. The molecular formula is C18H25N3O2S. The molecule has 1 saturated heterocycles. The van der Waals surface area contributed by atoms with Gasteiger partial charge in [0.05, 0.1) is 16.1 Å². The zero-order chi connectivity index (χ0) is 17.2. The summed E-state index contributed by atoms with van der Waals surface area (Å²) in [5, 5.41) is 0.912. The zero-order valence-corrected chi connectivity index (χ0v) is 15.3. The summed E-state index contributed by atoms with van der Waals surface area (Å²) in [5.74, 6) is 0.729. The van der Waals surface area contributed by atoms with Crippen LogP contribution in [0.2, 0.25) is 0 Å². The fourth-order valence-corrected chi connectivity index (χ4v) is 3.89. The molecule has 1 aromatic heterocycles. The number of sulfone groups is 1. The van der Waals surface area contributed by atoms with Gasteiger partial charge in [0.15, 0.2) is 9.84 Å². The fraction of sp³-hybridized carbons (Fsp3) is 0.556. The highest BCUT2D eigenvalue weighted by Gasteiger charge is 2.15. The average molecular weight is 347 g/mol. The van der Waals surface area contributed by atoms with Crippen molar-refractivity contribution in [1.82, 2.24) is 9.97 Å². The Morgan fingerprint density at radius 1 is 0.958 bits per heavy atom. The lowest BCUT2D eigenvalue weighted by Gasteiger charge is -2.22. The molecule has 1 aliphatic heterocycles. The molecule has 0 atom stereocenters. The van der Waals surface area contributed by atoms with Crippen molar-refractivity contribution in [2.45, 2.75) is 50.3 Å². The molecule has 24 heavy (non-hydrogen) atoms. The van der Waals surface area contributed by atoms with Gasteiger partial charge in [0.1, 0.15) is 0 Å². The fourth-order valence-electron chi connectivity index (χ4n) is 3.25. The van der Waals surface area contributed by atoms with Crippen molar-refractivity contribution >= 4 is 26.7 Å². The first-order valence-corrected chi connectivity index (χ1v) is 10.6. The van der Waals surface area contributed by atoms with E-state index in [0.717, 1.165) is 43.0 Å². The van der Waals surface area contributed by atoms with Crippen LogP contribution < -0.4 is 4.90 Å². The molecule has 2 aromatic rings. The number of rotatable bonds is 2. The van der Waals surface area contributed by atoms with Crippen molar-refractivity contribution in [3.63, 3.8) is 0 Å². The normalized spacial score (nSPS) is 17.3. The molecule has 2 heterocycles. The van der Waals surface area contributed by atoms with Crippen molar-refractivity contribution in [2.24, 2.45) is 0 Å². The Balaban J connectivity index is 2.01. The standard InChI is InChI=1S/C18H25N3O2S/c1-14-16-10-9-15(24(2,22)23)13-17(16)20-18(19-14)21-11-7-5-3-4-6-8-12-21/h9-10,13H,3-8,11-12H2,1-2H3. The highest BCUT2D eigenvalue weighted by molar-refractivity contribution is 7.90. The predicted molar refractivity (Wildman–Crippen MR) is 97.3 cm³/mol. The van der Waals surface area contributed by atoms with Gasteiger partial charge in [-0.05, 0) is 38.0 Å². The summed E-state index contributed by atoms with van der Waals surface area (Å²) in [4.78, 5) is 11.9. The third kappa shape index (κ3) is 3.86. The lowest BCUT2D eigenvalue weighted by atomic mass is 10.1. The zero-order valence-electron chi connectivity index (χ0n) is 14.5. The number of aromatic nitrogens is 2. The first-order chi connectivity index (χ1) is 11.4. The van der Waals surface area contributed by atoms with E-state index < -0.39 is 9.84 Å². The first kappa shape index (κ1) is 17.1. The van der Waals surface area contributed by atoms with Crippen LogP contribution in [-0.2, 0) is 9.84 Å². The number of hydrogen-bond donors (Lipinski definition) is 0. The molecule has 1 aromatic carbocycles. The number of hydrogen-bond acceptors (Lipinski definition) is 5. The van der Waals surface area contributed by atoms with Crippen molar-refractivity contribution in [2.75, 3.05) is 24.2 Å². The summed E-state index contributed by atoms with van der Waals surface area (Å²) in [6, 6.07) is 5.11.